The summed E-state index contributed by atoms with van der Waals surface area (Å²) in [5.74, 6) is 0.659. The fraction of sp³-hybridized carbons (Fsp3) is 0.375. The molecule has 10 nitrogen and oxygen atoms in total. The number of aromatic nitrogens is 4. The van der Waals surface area contributed by atoms with Crippen molar-refractivity contribution < 1.29 is 18.7 Å². The number of hydrogen-bond acceptors (Lipinski definition) is 10. The number of rotatable bonds is 5. The second-order valence-corrected chi connectivity index (χ2v) is 3.25. The molecule has 0 N–H and O–H groups in total. The summed E-state index contributed by atoms with van der Waals surface area (Å²) in [5.41, 5.74) is 0. The summed E-state index contributed by atoms with van der Waals surface area (Å²) in [6.45, 7) is 0.205. The highest BCUT2D eigenvalue weighted by Gasteiger charge is 2.25. The molecule has 0 aromatic carbocycles. The van der Waals surface area contributed by atoms with Gasteiger partial charge in [-0.25, -0.2) is 14.7 Å². The molecule has 0 aliphatic carbocycles. The predicted octanol–water partition coefficient (Wildman–Crippen LogP) is -0.0990. The van der Waals surface area contributed by atoms with Gasteiger partial charge in [-0.2, -0.15) is 9.97 Å². The third-order valence-corrected chi connectivity index (χ3v) is 2.09. The van der Waals surface area contributed by atoms with Gasteiger partial charge in [0.1, 0.15) is 6.34 Å². The quantitative estimate of drug-likeness (QED) is 0.719. The Morgan fingerprint density at radius 3 is 2.83 bits per heavy atom. The Bertz CT molecular complexity index is 498. The van der Waals surface area contributed by atoms with Crippen LogP contribution >= 0.6 is 0 Å². The van der Waals surface area contributed by atoms with Gasteiger partial charge in [0.2, 0.25) is 5.89 Å². The van der Waals surface area contributed by atoms with Crippen molar-refractivity contribution in [3.8, 4) is 0 Å². The van der Waals surface area contributed by atoms with Crippen LogP contribution in [0.3, 0.4) is 0 Å². The standard InChI is InChI=1S/C8H8N6O4/c1(7-10-2-12-16-7)6(8-11-3-13-17-8)18-14-4-9-5-15-14/h2-4,6H,1,5H2. The summed E-state index contributed by atoms with van der Waals surface area (Å²) >= 11 is 0. The lowest BCUT2D eigenvalue weighted by Gasteiger charge is -2.17. The summed E-state index contributed by atoms with van der Waals surface area (Å²) in [6, 6.07) is 0. The lowest BCUT2D eigenvalue weighted by molar-refractivity contribution is -0.327. The van der Waals surface area contributed by atoms with E-state index in [1.54, 1.807) is 0 Å². The van der Waals surface area contributed by atoms with Crippen LogP contribution in [-0.2, 0) is 16.1 Å². The minimum absolute atomic E-state index is 0.205. The molecule has 2 aromatic heterocycles. The highest BCUT2D eigenvalue weighted by molar-refractivity contribution is 5.52. The van der Waals surface area contributed by atoms with Crippen molar-refractivity contribution in [2.45, 2.75) is 12.5 Å². The first-order valence-electron chi connectivity index (χ1n) is 5.03. The molecular weight excluding hydrogens is 244 g/mol. The number of hydroxylamine groups is 2. The molecule has 1 atom stereocenters. The lowest BCUT2D eigenvalue weighted by atomic mass is 10.2. The average Bonchev–Trinajstić information content (AvgIpc) is 3.13. The minimum atomic E-state index is -0.600. The van der Waals surface area contributed by atoms with Gasteiger partial charge in [-0.15, -0.1) is 5.23 Å². The summed E-state index contributed by atoms with van der Waals surface area (Å²) < 4.78 is 9.85. The van der Waals surface area contributed by atoms with Crippen LogP contribution in [0.25, 0.3) is 0 Å². The summed E-state index contributed by atoms with van der Waals surface area (Å²) in [7, 11) is 0. The maximum Gasteiger partial charge on any atom is 0.258 e. The minimum Gasteiger partial charge on any atom is -0.340 e. The van der Waals surface area contributed by atoms with Crippen LogP contribution in [0.2, 0.25) is 0 Å². The van der Waals surface area contributed by atoms with E-state index in [-0.39, 0.29) is 19.0 Å². The average molecular weight is 252 g/mol. The van der Waals surface area contributed by atoms with E-state index in [1.165, 1.54) is 19.0 Å². The molecule has 0 amide bonds. The van der Waals surface area contributed by atoms with Gasteiger partial charge in [0.05, 0.1) is 6.42 Å². The lowest BCUT2D eigenvalue weighted by Crippen LogP contribution is -2.23. The van der Waals surface area contributed by atoms with E-state index < -0.39 is 6.10 Å². The van der Waals surface area contributed by atoms with Crippen LogP contribution in [0, 0.1) is 0 Å². The van der Waals surface area contributed by atoms with E-state index in [1.807, 2.05) is 0 Å². The Labute approximate surface area is 100 Å². The van der Waals surface area contributed by atoms with Crippen LogP contribution in [0.4, 0.5) is 0 Å². The van der Waals surface area contributed by atoms with Gasteiger partial charge in [0.25, 0.3) is 5.89 Å². The highest BCUT2D eigenvalue weighted by Crippen LogP contribution is 2.21. The van der Waals surface area contributed by atoms with Crippen LogP contribution < -0.4 is 0 Å². The van der Waals surface area contributed by atoms with E-state index >= 15 is 0 Å². The Balaban J connectivity index is 1.73. The zero-order valence-corrected chi connectivity index (χ0v) is 9.04. The van der Waals surface area contributed by atoms with Crippen molar-refractivity contribution in [3.05, 3.63) is 24.4 Å². The summed E-state index contributed by atoms with van der Waals surface area (Å²) in [5, 5.41) is 8.15. The summed E-state index contributed by atoms with van der Waals surface area (Å²) in [6.07, 6.45) is 3.65. The molecule has 0 saturated carbocycles. The van der Waals surface area contributed by atoms with E-state index in [0.29, 0.717) is 5.89 Å². The molecule has 10 heteroatoms. The van der Waals surface area contributed by atoms with Crippen molar-refractivity contribution in [2.24, 2.45) is 4.99 Å². The number of hydrogen-bond donors (Lipinski definition) is 0. The van der Waals surface area contributed by atoms with Gasteiger partial charge in [-0.05, 0) is 0 Å². The van der Waals surface area contributed by atoms with Gasteiger partial charge in [0, 0.05) is 0 Å². The van der Waals surface area contributed by atoms with E-state index in [0.717, 1.165) is 5.23 Å². The molecule has 3 heterocycles. The number of nitrogens with zero attached hydrogens (tertiary/aromatic N) is 6. The first-order chi connectivity index (χ1) is 8.92. The Hall–Kier alpha value is -2.33. The smallest absolute Gasteiger partial charge is 0.258 e. The highest BCUT2D eigenvalue weighted by atomic mass is 17.0. The molecule has 0 saturated heterocycles. The second-order valence-electron chi connectivity index (χ2n) is 3.25. The van der Waals surface area contributed by atoms with Gasteiger partial charge in [0.15, 0.2) is 25.5 Å². The van der Waals surface area contributed by atoms with Crippen LogP contribution in [-0.4, -0.2) is 38.6 Å². The first kappa shape index (κ1) is 10.8. The largest absolute Gasteiger partial charge is 0.340 e. The maximum atomic E-state index is 5.47. The Kier molecular flexibility index (Phi) is 2.94. The van der Waals surface area contributed by atoms with Crippen molar-refractivity contribution in [2.75, 3.05) is 6.73 Å². The zero-order valence-electron chi connectivity index (χ0n) is 9.04. The third kappa shape index (κ3) is 2.33. The monoisotopic (exact) mass is 252 g/mol. The molecule has 0 spiro atoms. The van der Waals surface area contributed by atoms with Gasteiger partial charge in [-0.3, -0.25) is 0 Å². The topological polar surface area (TPSA) is 112 Å². The zero-order chi connectivity index (χ0) is 12.2. The Morgan fingerprint density at radius 1 is 1.28 bits per heavy atom. The second kappa shape index (κ2) is 4.89. The van der Waals surface area contributed by atoms with Crippen LogP contribution in [0.1, 0.15) is 17.9 Å². The normalized spacial score (nSPS) is 16.3. The van der Waals surface area contributed by atoms with E-state index in [9.17, 15) is 0 Å². The van der Waals surface area contributed by atoms with Crippen molar-refractivity contribution in [1.82, 2.24) is 25.5 Å². The van der Waals surface area contributed by atoms with Crippen LogP contribution in [0.5, 0.6) is 0 Å². The van der Waals surface area contributed by atoms with Crippen LogP contribution in [0.15, 0.2) is 26.7 Å². The molecule has 18 heavy (non-hydrogen) atoms. The predicted molar refractivity (Wildman–Crippen MR) is 52.4 cm³/mol. The van der Waals surface area contributed by atoms with Crippen molar-refractivity contribution in [3.63, 3.8) is 0 Å². The first-order valence-corrected chi connectivity index (χ1v) is 5.03. The molecule has 0 bridgehead atoms. The Morgan fingerprint density at radius 2 is 2.17 bits per heavy atom. The third-order valence-electron chi connectivity index (χ3n) is 2.09. The van der Waals surface area contributed by atoms with Crippen molar-refractivity contribution >= 4 is 6.34 Å². The van der Waals surface area contributed by atoms with Gasteiger partial charge >= 0.3 is 0 Å². The SMILES string of the molecule is C1=NCON1OC(Cc1ncno1)c1ncno1. The van der Waals surface area contributed by atoms with E-state index in [4.69, 9.17) is 18.7 Å². The summed E-state index contributed by atoms with van der Waals surface area (Å²) in [4.78, 5) is 22.2. The number of aliphatic imine (C=N–C) groups is 1. The fourth-order valence-corrected chi connectivity index (χ4v) is 1.34. The molecule has 1 aliphatic heterocycles. The molecule has 2 aromatic rings. The van der Waals surface area contributed by atoms with E-state index in [2.05, 4.69) is 25.3 Å². The molecule has 1 aliphatic rings. The fourth-order valence-electron chi connectivity index (χ4n) is 1.34. The molecule has 3 rings (SSSR count). The maximum absolute atomic E-state index is 5.47. The molecule has 0 radical (unpaired) electrons. The molecule has 94 valence electrons. The van der Waals surface area contributed by atoms with Gasteiger partial charge in [-0.1, -0.05) is 10.3 Å². The van der Waals surface area contributed by atoms with Gasteiger partial charge < -0.3 is 9.05 Å². The molecular formula is C8H8N6O4. The van der Waals surface area contributed by atoms with Crippen molar-refractivity contribution in [1.29, 1.82) is 0 Å². The molecule has 1 unspecified atom stereocenters. The molecule has 0 fully saturated rings.